The number of benzene rings is 1. The molecule has 0 fully saturated rings. The Bertz CT molecular complexity index is 727. The van der Waals surface area contributed by atoms with Crippen molar-refractivity contribution in [1.29, 1.82) is 0 Å². The molecule has 1 aromatic carbocycles. The van der Waals surface area contributed by atoms with Crippen LogP contribution in [0, 0.1) is 6.92 Å². The van der Waals surface area contributed by atoms with E-state index in [4.69, 9.17) is 15.3 Å². The lowest BCUT2D eigenvalue weighted by atomic mass is 10.0. The molecule has 144 valence electrons. The number of phenolic OH excluding ortho intramolecular Hbond substituents is 3. The first kappa shape index (κ1) is 21.0. The third kappa shape index (κ3) is 4.11. The highest BCUT2D eigenvalue weighted by Gasteiger charge is 2.41. The minimum atomic E-state index is -2.57. The first-order chi connectivity index (χ1) is 11.9. The van der Waals surface area contributed by atoms with Gasteiger partial charge in [0.15, 0.2) is 17.6 Å². The maximum absolute atomic E-state index is 12.1. The van der Waals surface area contributed by atoms with E-state index in [1.165, 1.54) is 6.92 Å². The Labute approximate surface area is 144 Å². The first-order valence-electron chi connectivity index (χ1n) is 6.85. The summed E-state index contributed by atoms with van der Waals surface area (Å²) in [7, 11) is 0. The van der Waals surface area contributed by atoms with Gasteiger partial charge >= 0.3 is 17.9 Å². The summed E-state index contributed by atoms with van der Waals surface area (Å²) in [5, 5.41) is 74.4. The van der Waals surface area contributed by atoms with Gasteiger partial charge in [0.1, 0.15) is 17.8 Å². The van der Waals surface area contributed by atoms with Crippen LogP contribution in [0.15, 0.2) is 6.07 Å². The van der Waals surface area contributed by atoms with Crippen LogP contribution in [-0.4, -0.2) is 83.2 Å². The number of aliphatic carboxylic acids is 2. The second-order valence-electron chi connectivity index (χ2n) is 5.21. The number of aliphatic hydroxyl groups is 3. The highest BCUT2D eigenvalue weighted by atomic mass is 16.6. The van der Waals surface area contributed by atoms with Crippen LogP contribution in [0.5, 0.6) is 17.2 Å². The van der Waals surface area contributed by atoms with E-state index in [1.807, 2.05) is 0 Å². The normalized spacial score (nSPS) is 15.5. The third-order valence-corrected chi connectivity index (χ3v) is 3.37. The van der Waals surface area contributed by atoms with Gasteiger partial charge in [-0.15, -0.1) is 0 Å². The molecule has 0 radical (unpaired) electrons. The number of aryl methyl sites for hydroxylation is 1. The number of carboxylic acid groups (broad SMARTS) is 2. The first-order valence-corrected chi connectivity index (χ1v) is 6.85. The molecule has 8 N–H and O–H groups in total. The Morgan fingerprint density at radius 2 is 1.46 bits per heavy atom. The zero-order valence-electron chi connectivity index (χ0n) is 13.1. The molecule has 0 aliphatic carbocycles. The second kappa shape index (κ2) is 7.86. The number of hydrogen-bond acceptors (Lipinski definition) is 10. The average molecular weight is 376 g/mol. The Morgan fingerprint density at radius 3 is 1.92 bits per heavy atom. The maximum Gasteiger partial charge on any atom is 0.347 e. The lowest BCUT2D eigenvalue weighted by Gasteiger charge is -2.25. The van der Waals surface area contributed by atoms with Gasteiger partial charge in [-0.25, -0.2) is 14.4 Å². The second-order valence-corrected chi connectivity index (χ2v) is 5.21. The number of carboxylic acids is 2. The fraction of sp³-hybridized carbons (Fsp3) is 0.357. The van der Waals surface area contributed by atoms with Gasteiger partial charge in [0.2, 0.25) is 11.9 Å². The number of hydrogen-bond donors (Lipinski definition) is 8. The number of carbonyl (C=O) groups is 3. The van der Waals surface area contributed by atoms with Crippen LogP contribution in [0.3, 0.4) is 0 Å². The largest absolute Gasteiger partial charge is 0.504 e. The van der Waals surface area contributed by atoms with E-state index in [0.717, 1.165) is 6.07 Å². The standard InChI is InChI=1S/C14H16O12/c1-3-2-4(15)6(16)7(17)5(3)14(25)26-11(13(23)24)9(19)8(18)10(20)12(21)22/h2,8-11,15-20H,1H3,(H,21,22)(H,23,24)/t8-,9+,10+,11-/m1/s1. The molecular weight excluding hydrogens is 360 g/mol. The molecule has 0 aliphatic rings. The molecular formula is C14H16O12. The molecule has 26 heavy (non-hydrogen) atoms. The molecule has 0 saturated heterocycles. The molecule has 0 amide bonds. The van der Waals surface area contributed by atoms with Gasteiger partial charge < -0.3 is 45.6 Å². The highest BCUT2D eigenvalue weighted by Crippen LogP contribution is 2.39. The molecule has 1 rings (SSSR count). The molecule has 0 bridgehead atoms. The quantitative estimate of drug-likeness (QED) is 0.189. The molecule has 0 spiro atoms. The van der Waals surface area contributed by atoms with E-state index in [2.05, 4.69) is 4.74 Å². The molecule has 0 heterocycles. The number of aliphatic hydroxyl groups excluding tert-OH is 3. The Balaban J connectivity index is 3.16. The summed E-state index contributed by atoms with van der Waals surface area (Å²) in [6.45, 7) is 1.20. The Hall–Kier alpha value is -3.09. The van der Waals surface area contributed by atoms with Gasteiger partial charge in [-0.2, -0.15) is 0 Å². The molecule has 0 saturated carbocycles. The predicted molar refractivity (Wildman–Crippen MR) is 78.7 cm³/mol. The average Bonchev–Trinajstić information content (AvgIpc) is 2.55. The van der Waals surface area contributed by atoms with Gasteiger partial charge in [0.25, 0.3) is 0 Å². The van der Waals surface area contributed by atoms with Crippen LogP contribution >= 0.6 is 0 Å². The van der Waals surface area contributed by atoms with E-state index in [1.54, 1.807) is 0 Å². The lowest BCUT2D eigenvalue weighted by Crippen LogP contribution is -2.51. The maximum atomic E-state index is 12.1. The van der Waals surface area contributed by atoms with E-state index in [9.17, 15) is 39.9 Å². The van der Waals surface area contributed by atoms with Crippen molar-refractivity contribution in [3.05, 3.63) is 17.2 Å². The number of rotatable bonds is 7. The Morgan fingerprint density at radius 1 is 0.923 bits per heavy atom. The van der Waals surface area contributed by atoms with Crippen LogP contribution in [-0.2, 0) is 14.3 Å². The fourth-order valence-corrected chi connectivity index (χ4v) is 1.98. The zero-order valence-corrected chi connectivity index (χ0v) is 13.1. The van der Waals surface area contributed by atoms with Crippen LogP contribution in [0.4, 0.5) is 0 Å². The summed E-state index contributed by atoms with van der Waals surface area (Å²) in [5.74, 6) is -8.52. The van der Waals surface area contributed by atoms with E-state index < -0.39 is 65.1 Å². The molecule has 0 aliphatic heterocycles. The summed E-state index contributed by atoms with van der Waals surface area (Å²) >= 11 is 0. The highest BCUT2D eigenvalue weighted by molar-refractivity contribution is 5.97. The van der Waals surface area contributed by atoms with Gasteiger partial charge in [-0.1, -0.05) is 0 Å². The molecule has 12 nitrogen and oxygen atoms in total. The zero-order chi connectivity index (χ0) is 20.3. The van der Waals surface area contributed by atoms with Crippen LogP contribution in [0.1, 0.15) is 15.9 Å². The van der Waals surface area contributed by atoms with Crippen LogP contribution in [0.25, 0.3) is 0 Å². The van der Waals surface area contributed by atoms with Crippen molar-refractivity contribution in [2.45, 2.75) is 31.3 Å². The third-order valence-electron chi connectivity index (χ3n) is 3.37. The van der Waals surface area contributed by atoms with Crippen molar-refractivity contribution < 1.29 is 60.0 Å². The van der Waals surface area contributed by atoms with Crippen molar-refractivity contribution in [2.75, 3.05) is 0 Å². The van der Waals surface area contributed by atoms with Crippen molar-refractivity contribution in [2.24, 2.45) is 0 Å². The van der Waals surface area contributed by atoms with Crippen molar-refractivity contribution in [3.63, 3.8) is 0 Å². The number of aromatic hydroxyl groups is 3. The summed E-state index contributed by atoms with van der Waals surface area (Å²) in [5.41, 5.74) is -0.875. The summed E-state index contributed by atoms with van der Waals surface area (Å²) in [4.78, 5) is 33.8. The van der Waals surface area contributed by atoms with Gasteiger partial charge in [0.05, 0.1) is 0 Å². The summed E-state index contributed by atoms with van der Waals surface area (Å²) in [6.07, 6.45) is -10.2. The van der Waals surface area contributed by atoms with Gasteiger partial charge in [-0.3, -0.25) is 0 Å². The minimum absolute atomic E-state index is 0.132. The SMILES string of the molecule is Cc1cc(O)c(O)c(O)c1C(=O)O[C@@H](C(=O)O)[C@@H](O)[C@@H](O)[C@H](O)C(=O)O. The van der Waals surface area contributed by atoms with E-state index in [0.29, 0.717) is 0 Å². The lowest BCUT2D eigenvalue weighted by molar-refractivity contribution is -0.173. The predicted octanol–water partition coefficient (Wildman–Crippen LogP) is -2.11. The monoisotopic (exact) mass is 376 g/mol. The molecule has 1 aromatic rings. The summed E-state index contributed by atoms with van der Waals surface area (Å²) < 4.78 is 4.46. The van der Waals surface area contributed by atoms with Gasteiger partial charge in [-0.05, 0) is 18.6 Å². The van der Waals surface area contributed by atoms with Crippen molar-refractivity contribution in [3.8, 4) is 17.2 Å². The van der Waals surface area contributed by atoms with Crippen molar-refractivity contribution in [1.82, 2.24) is 0 Å². The molecule has 0 unspecified atom stereocenters. The van der Waals surface area contributed by atoms with E-state index >= 15 is 0 Å². The smallest absolute Gasteiger partial charge is 0.347 e. The number of esters is 1. The number of phenols is 3. The molecule has 12 heteroatoms. The summed E-state index contributed by atoms with van der Waals surface area (Å²) in [6, 6.07) is 0.862. The van der Waals surface area contributed by atoms with Gasteiger partial charge in [0, 0.05) is 0 Å². The van der Waals surface area contributed by atoms with Crippen LogP contribution in [0.2, 0.25) is 0 Å². The van der Waals surface area contributed by atoms with Crippen molar-refractivity contribution >= 4 is 17.9 Å². The Kier molecular flexibility index (Phi) is 6.33. The fourth-order valence-electron chi connectivity index (χ4n) is 1.98. The van der Waals surface area contributed by atoms with E-state index in [-0.39, 0.29) is 5.56 Å². The topological polar surface area (TPSA) is 222 Å². The van der Waals surface area contributed by atoms with Crippen LogP contribution < -0.4 is 0 Å². The number of ether oxygens (including phenoxy) is 1. The molecule has 4 atom stereocenters. The molecule has 0 aromatic heterocycles. The number of carbonyl (C=O) groups excluding carboxylic acids is 1. The minimum Gasteiger partial charge on any atom is -0.504 e.